The Hall–Kier alpha value is -3.25. The average Bonchev–Trinajstić information content (AvgIpc) is 2.68. The second-order valence-corrected chi connectivity index (χ2v) is 5.98. The molecule has 0 aliphatic rings. The quantitative estimate of drug-likeness (QED) is 0.658. The lowest BCUT2D eigenvalue weighted by Gasteiger charge is -2.11. The fraction of sp³-hybridized carbons (Fsp3) is 0.100. The highest BCUT2D eigenvalue weighted by Crippen LogP contribution is 2.23. The van der Waals surface area contributed by atoms with Crippen molar-refractivity contribution in [1.82, 2.24) is 15.3 Å². The van der Waals surface area contributed by atoms with Gasteiger partial charge in [0.25, 0.3) is 5.91 Å². The summed E-state index contributed by atoms with van der Waals surface area (Å²) in [7, 11) is 1.69. The SMILES string of the molecule is CN=Cc1cccc(Oc2ncncc2C(=O)NCc2ccccc2Cl)c1. The van der Waals surface area contributed by atoms with Gasteiger partial charge in [0, 0.05) is 31.0 Å². The zero-order valence-corrected chi connectivity index (χ0v) is 15.3. The predicted octanol–water partition coefficient (Wildman–Crippen LogP) is 3.90. The van der Waals surface area contributed by atoms with E-state index in [0.717, 1.165) is 11.1 Å². The minimum atomic E-state index is -0.350. The molecule has 1 aromatic heterocycles. The molecule has 0 radical (unpaired) electrons. The van der Waals surface area contributed by atoms with Gasteiger partial charge in [0.05, 0.1) is 0 Å². The van der Waals surface area contributed by atoms with E-state index in [2.05, 4.69) is 20.3 Å². The molecular formula is C20H17ClN4O2. The van der Waals surface area contributed by atoms with Crippen molar-refractivity contribution in [2.75, 3.05) is 7.05 Å². The number of nitrogens with zero attached hydrogens (tertiary/aromatic N) is 3. The molecule has 0 saturated heterocycles. The summed E-state index contributed by atoms with van der Waals surface area (Å²) in [4.78, 5) is 24.6. The summed E-state index contributed by atoms with van der Waals surface area (Å²) in [5.41, 5.74) is 1.94. The lowest BCUT2D eigenvalue weighted by Crippen LogP contribution is -2.24. The summed E-state index contributed by atoms with van der Waals surface area (Å²) in [5.74, 6) is 0.371. The van der Waals surface area contributed by atoms with Crippen LogP contribution in [0.1, 0.15) is 21.5 Å². The van der Waals surface area contributed by atoms with Crippen LogP contribution in [0.4, 0.5) is 0 Å². The molecule has 27 heavy (non-hydrogen) atoms. The molecule has 1 heterocycles. The third-order valence-electron chi connectivity index (χ3n) is 3.67. The van der Waals surface area contributed by atoms with Crippen molar-refractivity contribution >= 4 is 23.7 Å². The number of carbonyl (C=O) groups is 1. The number of hydrogen-bond acceptors (Lipinski definition) is 5. The molecule has 0 unspecified atom stereocenters. The van der Waals surface area contributed by atoms with Gasteiger partial charge in [0.2, 0.25) is 5.88 Å². The third kappa shape index (κ3) is 4.89. The van der Waals surface area contributed by atoms with Crippen molar-refractivity contribution < 1.29 is 9.53 Å². The first-order valence-electron chi connectivity index (χ1n) is 8.19. The maximum atomic E-state index is 12.6. The molecule has 0 spiro atoms. The lowest BCUT2D eigenvalue weighted by atomic mass is 10.2. The number of halogens is 1. The van der Waals surface area contributed by atoms with Crippen LogP contribution in [0.2, 0.25) is 5.02 Å². The number of benzene rings is 2. The highest BCUT2D eigenvalue weighted by atomic mass is 35.5. The summed E-state index contributed by atoms with van der Waals surface area (Å²) in [6.45, 7) is 0.287. The molecule has 0 fully saturated rings. The van der Waals surface area contributed by atoms with Crippen molar-refractivity contribution in [3.05, 3.63) is 82.8 Å². The maximum Gasteiger partial charge on any atom is 0.258 e. The van der Waals surface area contributed by atoms with Crippen LogP contribution in [0.5, 0.6) is 11.6 Å². The summed E-state index contributed by atoms with van der Waals surface area (Å²) in [6.07, 6.45) is 4.46. The Morgan fingerprint density at radius 3 is 2.93 bits per heavy atom. The van der Waals surface area contributed by atoms with Gasteiger partial charge in [-0.3, -0.25) is 9.79 Å². The maximum absolute atomic E-state index is 12.6. The van der Waals surface area contributed by atoms with Crippen LogP contribution in [0.25, 0.3) is 0 Å². The van der Waals surface area contributed by atoms with Crippen LogP contribution in [0, 0.1) is 0 Å². The Morgan fingerprint density at radius 1 is 1.26 bits per heavy atom. The Kier molecular flexibility index (Phi) is 6.12. The molecule has 1 amide bonds. The number of ether oxygens (including phenoxy) is 1. The van der Waals surface area contributed by atoms with E-state index in [1.807, 2.05) is 30.3 Å². The predicted molar refractivity (Wildman–Crippen MR) is 105 cm³/mol. The van der Waals surface area contributed by atoms with Crippen LogP contribution in [0.3, 0.4) is 0 Å². The van der Waals surface area contributed by atoms with Crippen molar-refractivity contribution in [2.24, 2.45) is 4.99 Å². The summed E-state index contributed by atoms with van der Waals surface area (Å²) < 4.78 is 5.79. The van der Waals surface area contributed by atoms with Gasteiger partial charge < -0.3 is 10.1 Å². The van der Waals surface area contributed by atoms with E-state index in [0.29, 0.717) is 10.8 Å². The third-order valence-corrected chi connectivity index (χ3v) is 4.04. The zero-order chi connectivity index (χ0) is 19.1. The van der Waals surface area contributed by atoms with Crippen LogP contribution >= 0.6 is 11.6 Å². The Bertz CT molecular complexity index is 975. The smallest absolute Gasteiger partial charge is 0.258 e. The molecule has 2 aromatic carbocycles. The van der Waals surface area contributed by atoms with Crippen molar-refractivity contribution in [3.63, 3.8) is 0 Å². The summed E-state index contributed by atoms with van der Waals surface area (Å²) >= 11 is 6.12. The number of nitrogens with one attached hydrogen (secondary N) is 1. The second kappa shape index (κ2) is 8.91. The Morgan fingerprint density at radius 2 is 2.11 bits per heavy atom. The van der Waals surface area contributed by atoms with Gasteiger partial charge in [-0.15, -0.1) is 0 Å². The van der Waals surface area contributed by atoms with E-state index >= 15 is 0 Å². The molecule has 0 atom stereocenters. The van der Waals surface area contributed by atoms with Crippen LogP contribution in [-0.4, -0.2) is 29.1 Å². The molecule has 6 nitrogen and oxygen atoms in total. The van der Waals surface area contributed by atoms with Gasteiger partial charge in [-0.1, -0.05) is 41.9 Å². The molecule has 3 aromatic rings. The highest BCUT2D eigenvalue weighted by Gasteiger charge is 2.15. The Balaban J connectivity index is 1.76. The van der Waals surface area contributed by atoms with E-state index in [1.54, 1.807) is 31.5 Å². The molecule has 136 valence electrons. The molecule has 1 N–H and O–H groups in total. The largest absolute Gasteiger partial charge is 0.438 e. The van der Waals surface area contributed by atoms with Crippen LogP contribution < -0.4 is 10.1 Å². The monoisotopic (exact) mass is 380 g/mol. The van der Waals surface area contributed by atoms with Gasteiger partial charge in [-0.25, -0.2) is 9.97 Å². The Labute approximate surface area is 161 Å². The summed E-state index contributed by atoms with van der Waals surface area (Å²) in [6, 6.07) is 14.6. The van der Waals surface area contributed by atoms with Gasteiger partial charge >= 0.3 is 0 Å². The van der Waals surface area contributed by atoms with Gasteiger partial charge in [-0.05, 0) is 29.3 Å². The van der Waals surface area contributed by atoms with Crippen LogP contribution in [0.15, 0.2) is 66.0 Å². The number of rotatable bonds is 6. The molecule has 0 bridgehead atoms. The molecule has 3 rings (SSSR count). The number of aliphatic imine (C=N–C) groups is 1. The fourth-order valence-corrected chi connectivity index (χ4v) is 2.59. The highest BCUT2D eigenvalue weighted by molar-refractivity contribution is 6.31. The minimum Gasteiger partial charge on any atom is -0.438 e. The van der Waals surface area contributed by atoms with Gasteiger partial charge in [-0.2, -0.15) is 0 Å². The molecule has 0 saturated carbocycles. The van der Waals surface area contributed by atoms with E-state index < -0.39 is 0 Å². The minimum absolute atomic E-state index is 0.173. The number of amides is 1. The van der Waals surface area contributed by atoms with Crippen LogP contribution in [-0.2, 0) is 6.54 Å². The van der Waals surface area contributed by atoms with Gasteiger partial charge in [0.15, 0.2) is 0 Å². The normalized spacial score (nSPS) is 10.7. The van der Waals surface area contributed by atoms with E-state index in [4.69, 9.17) is 16.3 Å². The van der Waals surface area contributed by atoms with E-state index in [1.165, 1.54) is 12.5 Å². The molecule has 0 aliphatic heterocycles. The molecular weight excluding hydrogens is 364 g/mol. The first-order valence-corrected chi connectivity index (χ1v) is 8.57. The van der Waals surface area contributed by atoms with E-state index in [-0.39, 0.29) is 23.9 Å². The number of hydrogen-bond donors (Lipinski definition) is 1. The van der Waals surface area contributed by atoms with Gasteiger partial charge in [0.1, 0.15) is 17.6 Å². The molecule has 7 heteroatoms. The standard InChI is InChI=1S/C20H17ClN4O2/c1-22-10-14-5-4-7-16(9-14)27-20-17(12-23-13-25-20)19(26)24-11-15-6-2-3-8-18(15)21/h2-10,12-13H,11H2,1H3,(H,24,26). The van der Waals surface area contributed by atoms with Crippen molar-refractivity contribution in [2.45, 2.75) is 6.54 Å². The topological polar surface area (TPSA) is 76.5 Å². The second-order valence-electron chi connectivity index (χ2n) is 5.58. The molecule has 0 aliphatic carbocycles. The average molecular weight is 381 g/mol. The first-order chi connectivity index (χ1) is 13.2. The lowest BCUT2D eigenvalue weighted by molar-refractivity contribution is 0.0947. The van der Waals surface area contributed by atoms with Crippen molar-refractivity contribution in [3.8, 4) is 11.6 Å². The van der Waals surface area contributed by atoms with E-state index in [9.17, 15) is 4.79 Å². The van der Waals surface area contributed by atoms with Crippen molar-refractivity contribution in [1.29, 1.82) is 0 Å². The fourth-order valence-electron chi connectivity index (χ4n) is 2.39. The number of aromatic nitrogens is 2. The summed E-state index contributed by atoms with van der Waals surface area (Å²) in [5, 5.41) is 3.40. The first kappa shape index (κ1) is 18.5. The number of carbonyl (C=O) groups excluding carboxylic acids is 1. The zero-order valence-electron chi connectivity index (χ0n) is 14.6.